The van der Waals surface area contributed by atoms with Gasteiger partial charge in [0.25, 0.3) is 0 Å². The minimum absolute atomic E-state index is 0.209. The molecule has 0 radical (unpaired) electrons. The van der Waals surface area contributed by atoms with Gasteiger partial charge in [0.2, 0.25) is 0 Å². The van der Waals surface area contributed by atoms with Gasteiger partial charge in [-0.25, -0.2) is 0 Å². The van der Waals surface area contributed by atoms with Crippen molar-refractivity contribution in [1.29, 1.82) is 0 Å². The van der Waals surface area contributed by atoms with Gasteiger partial charge in [0.05, 0.1) is 11.1 Å². The van der Waals surface area contributed by atoms with Gasteiger partial charge in [-0.3, -0.25) is 4.79 Å². The van der Waals surface area contributed by atoms with Crippen LogP contribution in [0.3, 0.4) is 0 Å². The Hall–Kier alpha value is -1.06. The lowest BCUT2D eigenvalue weighted by atomic mass is 9.88. The number of hydrogen-bond donors (Lipinski definition) is 1. The van der Waals surface area contributed by atoms with Crippen molar-refractivity contribution in [2.24, 2.45) is 16.5 Å². The first-order valence-electron chi connectivity index (χ1n) is 4.33. The van der Waals surface area contributed by atoms with Crippen molar-refractivity contribution < 1.29 is 14.7 Å². The van der Waals surface area contributed by atoms with Crippen LogP contribution in [0.5, 0.6) is 0 Å². The lowest BCUT2D eigenvalue weighted by Crippen LogP contribution is -2.24. The van der Waals surface area contributed by atoms with E-state index in [4.69, 9.17) is 5.11 Å². The molecule has 0 bridgehead atoms. The van der Waals surface area contributed by atoms with Crippen LogP contribution >= 0.6 is 0 Å². The first kappa shape index (κ1) is 10.0. The number of rotatable bonds is 2. The van der Waals surface area contributed by atoms with E-state index in [1.54, 1.807) is 6.92 Å². The molecule has 1 N–H and O–H groups in total. The van der Waals surface area contributed by atoms with Crippen molar-refractivity contribution >= 4 is 11.7 Å². The number of carboxylic acid groups (broad SMARTS) is 1. The van der Waals surface area contributed by atoms with Gasteiger partial charge in [0.15, 0.2) is 0 Å². The van der Waals surface area contributed by atoms with E-state index in [0.717, 1.165) is 5.71 Å². The second kappa shape index (κ2) is 3.36. The predicted octanol–water partition coefficient (Wildman–Crippen LogP) is 1.51. The van der Waals surface area contributed by atoms with E-state index in [2.05, 4.69) is 9.99 Å². The van der Waals surface area contributed by atoms with E-state index in [-0.39, 0.29) is 5.92 Å². The SMILES string of the molecule is CO/N=C1/C[C@@](C)(C(=O)O)C[C@@H]1C. The summed E-state index contributed by atoms with van der Waals surface area (Å²) in [5, 5.41) is 12.8. The number of hydrogen-bond acceptors (Lipinski definition) is 3. The molecule has 1 aliphatic rings. The smallest absolute Gasteiger partial charge is 0.309 e. The molecule has 0 heterocycles. The molecule has 74 valence electrons. The Bertz CT molecular complexity index is 249. The summed E-state index contributed by atoms with van der Waals surface area (Å²) in [6.07, 6.45) is 1.14. The third-order valence-corrected chi connectivity index (χ3v) is 2.62. The average Bonchev–Trinajstić information content (AvgIpc) is 2.29. The number of nitrogens with zero attached hydrogens (tertiary/aromatic N) is 1. The molecule has 0 spiro atoms. The van der Waals surface area contributed by atoms with Crippen molar-refractivity contribution in [2.45, 2.75) is 26.7 Å². The molecule has 0 amide bonds. The molecule has 1 fully saturated rings. The van der Waals surface area contributed by atoms with E-state index in [1.807, 2.05) is 6.92 Å². The van der Waals surface area contributed by atoms with Gasteiger partial charge < -0.3 is 9.94 Å². The summed E-state index contributed by atoms with van der Waals surface area (Å²) in [5.41, 5.74) is 0.198. The van der Waals surface area contributed by atoms with Crippen LogP contribution in [0.2, 0.25) is 0 Å². The molecule has 0 unspecified atom stereocenters. The van der Waals surface area contributed by atoms with E-state index in [9.17, 15) is 4.79 Å². The number of oxime groups is 1. The van der Waals surface area contributed by atoms with Gasteiger partial charge >= 0.3 is 5.97 Å². The zero-order valence-electron chi connectivity index (χ0n) is 8.20. The maximum absolute atomic E-state index is 10.9. The first-order chi connectivity index (χ1) is 5.99. The van der Waals surface area contributed by atoms with E-state index in [1.165, 1.54) is 7.11 Å². The second-order valence-corrected chi connectivity index (χ2v) is 3.91. The second-order valence-electron chi connectivity index (χ2n) is 3.91. The molecule has 4 nitrogen and oxygen atoms in total. The minimum Gasteiger partial charge on any atom is -0.481 e. The Morgan fingerprint density at radius 2 is 2.38 bits per heavy atom. The van der Waals surface area contributed by atoms with Gasteiger partial charge in [0, 0.05) is 6.42 Å². The Kier molecular flexibility index (Phi) is 2.59. The standard InChI is InChI=1S/C9H15NO3/c1-6-4-9(2,8(11)12)5-7(6)10-13-3/h6H,4-5H2,1-3H3,(H,11,12)/b10-7-/t6-,9-/m0/s1. The molecule has 0 aromatic rings. The molecule has 0 saturated heterocycles. The fraction of sp³-hybridized carbons (Fsp3) is 0.778. The van der Waals surface area contributed by atoms with Crippen molar-refractivity contribution in [1.82, 2.24) is 0 Å². The van der Waals surface area contributed by atoms with E-state index >= 15 is 0 Å². The van der Waals surface area contributed by atoms with Crippen LogP contribution in [0.1, 0.15) is 26.7 Å². The molecule has 0 aromatic heterocycles. The highest BCUT2D eigenvalue weighted by Crippen LogP contribution is 2.39. The monoisotopic (exact) mass is 185 g/mol. The molecule has 1 rings (SSSR count). The number of carboxylic acids is 1. The molecule has 0 aromatic carbocycles. The van der Waals surface area contributed by atoms with Crippen LogP contribution in [0.15, 0.2) is 5.16 Å². The quantitative estimate of drug-likeness (QED) is 0.663. The molecule has 4 heteroatoms. The summed E-state index contributed by atoms with van der Waals surface area (Å²) in [4.78, 5) is 15.6. The molecular weight excluding hydrogens is 170 g/mol. The largest absolute Gasteiger partial charge is 0.481 e. The minimum atomic E-state index is -0.749. The van der Waals surface area contributed by atoms with Crippen molar-refractivity contribution in [2.75, 3.05) is 7.11 Å². The van der Waals surface area contributed by atoms with Crippen molar-refractivity contribution in [3.63, 3.8) is 0 Å². The topological polar surface area (TPSA) is 58.9 Å². The fourth-order valence-electron chi connectivity index (χ4n) is 1.84. The normalized spacial score (nSPS) is 36.5. The Morgan fingerprint density at radius 1 is 1.77 bits per heavy atom. The summed E-state index contributed by atoms with van der Waals surface area (Å²) in [7, 11) is 1.48. The molecule has 1 aliphatic carbocycles. The Balaban J connectivity index is 2.81. The molecule has 1 saturated carbocycles. The molecule has 2 atom stereocenters. The van der Waals surface area contributed by atoms with Crippen LogP contribution in [-0.4, -0.2) is 23.9 Å². The third kappa shape index (κ3) is 1.82. The maximum Gasteiger partial charge on any atom is 0.309 e. The Labute approximate surface area is 77.6 Å². The average molecular weight is 185 g/mol. The molecule has 0 aliphatic heterocycles. The third-order valence-electron chi connectivity index (χ3n) is 2.62. The van der Waals surface area contributed by atoms with Gasteiger partial charge in [-0.05, 0) is 19.3 Å². The fourth-order valence-corrected chi connectivity index (χ4v) is 1.84. The lowest BCUT2D eigenvalue weighted by molar-refractivity contribution is -0.147. The summed E-state index contributed by atoms with van der Waals surface area (Å²) >= 11 is 0. The van der Waals surface area contributed by atoms with Crippen molar-refractivity contribution in [3.8, 4) is 0 Å². The number of carbonyl (C=O) groups is 1. The zero-order valence-corrected chi connectivity index (χ0v) is 8.20. The highest BCUT2D eigenvalue weighted by Gasteiger charge is 2.43. The van der Waals surface area contributed by atoms with Gasteiger partial charge in [0.1, 0.15) is 7.11 Å². The highest BCUT2D eigenvalue weighted by atomic mass is 16.6. The zero-order chi connectivity index (χ0) is 10.1. The molecule has 13 heavy (non-hydrogen) atoms. The van der Waals surface area contributed by atoms with Crippen LogP contribution in [-0.2, 0) is 9.63 Å². The number of aliphatic carboxylic acids is 1. The predicted molar refractivity (Wildman–Crippen MR) is 48.6 cm³/mol. The molecular formula is C9H15NO3. The first-order valence-corrected chi connectivity index (χ1v) is 4.33. The summed E-state index contributed by atoms with van der Waals surface area (Å²) in [5.74, 6) is -0.540. The van der Waals surface area contributed by atoms with Crippen LogP contribution in [0, 0.1) is 11.3 Å². The van der Waals surface area contributed by atoms with Gasteiger partial charge in [-0.15, -0.1) is 0 Å². The lowest BCUT2D eigenvalue weighted by Gasteiger charge is -2.15. The van der Waals surface area contributed by atoms with Gasteiger partial charge in [-0.1, -0.05) is 12.1 Å². The van der Waals surface area contributed by atoms with E-state index in [0.29, 0.717) is 12.8 Å². The Morgan fingerprint density at radius 3 is 2.77 bits per heavy atom. The van der Waals surface area contributed by atoms with Crippen LogP contribution < -0.4 is 0 Å². The van der Waals surface area contributed by atoms with Crippen LogP contribution in [0.4, 0.5) is 0 Å². The summed E-state index contributed by atoms with van der Waals surface area (Å²) in [6.45, 7) is 3.73. The van der Waals surface area contributed by atoms with Crippen LogP contribution in [0.25, 0.3) is 0 Å². The maximum atomic E-state index is 10.9. The van der Waals surface area contributed by atoms with Crippen molar-refractivity contribution in [3.05, 3.63) is 0 Å². The summed E-state index contributed by atoms with van der Waals surface area (Å²) < 4.78 is 0. The van der Waals surface area contributed by atoms with Gasteiger partial charge in [-0.2, -0.15) is 0 Å². The van der Waals surface area contributed by atoms with E-state index < -0.39 is 11.4 Å². The highest BCUT2D eigenvalue weighted by molar-refractivity contribution is 5.94. The summed E-state index contributed by atoms with van der Waals surface area (Å²) in [6, 6.07) is 0.